The Morgan fingerprint density at radius 3 is 2.69 bits per heavy atom. The molecule has 1 aliphatic carbocycles. The zero-order valence-corrected chi connectivity index (χ0v) is 15.4. The molecule has 1 heterocycles. The third-order valence-corrected chi connectivity index (χ3v) is 4.21. The molecule has 1 aromatic carbocycles. The number of aromatic nitrogens is 2. The summed E-state index contributed by atoms with van der Waals surface area (Å²) in [6.07, 6.45) is 0.865. The van der Waals surface area contributed by atoms with Crippen molar-refractivity contribution in [2.75, 3.05) is 5.32 Å². The first-order valence-corrected chi connectivity index (χ1v) is 8.58. The molecule has 1 aliphatic rings. The van der Waals surface area contributed by atoms with Gasteiger partial charge >= 0.3 is 6.09 Å². The highest BCUT2D eigenvalue weighted by molar-refractivity contribution is 5.95. The second-order valence-electron chi connectivity index (χ2n) is 7.62. The maximum absolute atomic E-state index is 13.4. The van der Waals surface area contributed by atoms with E-state index in [4.69, 9.17) is 4.74 Å². The molecule has 26 heavy (non-hydrogen) atoms. The van der Waals surface area contributed by atoms with Gasteiger partial charge in [0.25, 0.3) is 5.92 Å². The summed E-state index contributed by atoms with van der Waals surface area (Å²) in [6.45, 7) is 5.38. The molecular formula is C19H23F2N3O2. The van der Waals surface area contributed by atoms with Crippen LogP contribution in [0.5, 0.6) is 0 Å². The largest absolute Gasteiger partial charge is 0.444 e. The molecule has 1 amide bonds. The van der Waals surface area contributed by atoms with Crippen LogP contribution in [0.1, 0.15) is 45.7 Å². The standard InChI is InChI=1S/C19H23F2N3O2/c1-18(2,3)26-17(25)22-13-5-6-15-14(11-13)16(23-24(15)4)12-7-9-19(20,21)10-8-12/h5-7,11H,8-10H2,1-4H3,(H,22,25). The lowest BCUT2D eigenvalue weighted by Gasteiger charge is -2.21. The van der Waals surface area contributed by atoms with Crippen molar-refractivity contribution in [3.8, 4) is 0 Å². The van der Waals surface area contributed by atoms with Crippen LogP contribution in [0.25, 0.3) is 16.5 Å². The Labute approximate surface area is 151 Å². The minimum Gasteiger partial charge on any atom is -0.444 e. The van der Waals surface area contributed by atoms with Gasteiger partial charge in [0.2, 0.25) is 0 Å². The van der Waals surface area contributed by atoms with Gasteiger partial charge in [-0.3, -0.25) is 10.00 Å². The first-order chi connectivity index (χ1) is 12.0. The summed E-state index contributed by atoms with van der Waals surface area (Å²) in [4.78, 5) is 12.0. The molecule has 140 valence electrons. The first kappa shape index (κ1) is 18.4. The van der Waals surface area contributed by atoms with Gasteiger partial charge in [-0.05, 0) is 51.0 Å². The van der Waals surface area contributed by atoms with Crippen LogP contribution in [0.4, 0.5) is 19.3 Å². The van der Waals surface area contributed by atoms with E-state index < -0.39 is 17.6 Å². The highest BCUT2D eigenvalue weighted by Crippen LogP contribution is 2.38. The van der Waals surface area contributed by atoms with E-state index in [-0.39, 0.29) is 19.3 Å². The van der Waals surface area contributed by atoms with Crippen molar-refractivity contribution in [3.63, 3.8) is 0 Å². The van der Waals surface area contributed by atoms with E-state index in [0.717, 1.165) is 16.5 Å². The van der Waals surface area contributed by atoms with Gasteiger partial charge in [0.1, 0.15) is 5.60 Å². The number of fused-ring (bicyclic) bond motifs is 1. The summed E-state index contributed by atoms with van der Waals surface area (Å²) < 4.78 is 33.8. The van der Waals surface area contributed by atoms with Crippen molar-refractivity contribution in [2.24, 2.45) is 7.05 Å². The third-order valence-electron chi connectivity index (χ3n) is 4.21. The maximum Gasteiger partial charge on any atom is 0.412 e. The lowest BCUT2D eigenvalue weighted by Crippen LogP contribution is -2.27. The van der Waals surface area contributed by atoms with E-state index in [1.807, 2.05) is 13.1 Å². The number of rotatable bonds is 2. The predicted octanol–water partition coefficient (Wildman–Crippen LogP) is 5.12. The van der Waals surface area contributed by atoms with Crippen molar-refractivity contribution in [1.29, 1.82) is 0 Å². The molecule has 5 nitrogen and oxygen atoms in total. The molecule has 0 saturated heterocycles. The number of carbonyl (C=O) groups excluding carboxylic acids is 1. The quantitative estimate of drug-likeness (QED) is 0.805. The summed E-state index contributed by atoms with van der Waals surface area (Å²) in [6, 6.07) is 5.41. The number of halogens is 2. The molecule has 0 aliphatic heterocycles. The smallest absolute Gasteiger partial charge is 0.412 e. The second kappa shape index (κ2) is 6.37. The Kier molecular flexibility index (Phi) is 4.50. The van der Waals surface area contributed by atoms with Gasteiger partial charge in [0, 0.05) is 31.0 Å². The average Bonchev–Trinajstić information content (AvgIpc) is 2.82. The van der Waals surface area contributed by atoms with Crippen molar-refractivity contribution in [3.05, 3.63) is 30.0 Å². The number of benzene rings is 1. The van der Waals surface area contributed by atoms with E-state index in [2.05, 4.69) is 10.4 Å². The topological polar surface area (TPSA) is 56.2 Å². The molecule has 0 saturated carbocycles. The molecule has 0 fully saturated rings. The number of aryl methyl sites for hydroxylation is 1. The summed E-state index contributed by atoms with van der Waals surface area (Å²) in [5.74, 6) is -2.64. The summed E-state index contributed by atoms with van der Waals surface area (Å²) >= 11 is 0. The van der Waals surface area contributed by atoms with Gasteiger partial charge in [0.15, 0.2) is 0 Å². The Balaban J connectivity index is 1.91. The lowest BCUT2D eigenvalue weighted by atomic mass is 9.93. The number of anilines is 1. The van der Waals surface area contributed by atoms with Crippen LogP contribution < -0.4 is 5.32 Å². The molecule has 7 heteroatoms. The summed E-state index contributed by atoms with van der Waals surface area (Å²) in [5.41, 5.74) is 2.35. The number of allylic oxidation sites excluding steroid dienone is 2. The zero-order valence-electron chi connectivity index (χ0n) is 15.4. The number of alkyl halides is 2. The van der Waals surface area contributed by atoms with E-state index in [1.54, 1.807) is 43.7 Å². The molecule has 3 rings (SSSR count). The molecule has 1 aromatic heterocycles. The highest BCUT2D eigenvalue weighted by Gasteiger charge is 2.32. The highest BCUT2D eigenvalue weighted by atomic mass is 19.3. The number of carbonyl (C=O) groups is 1. The van der Waals surface area contributed by atoms with Gasteiger partial charge in [-0.25, -0.2) is 13.6 Å². The van der Waals surface area contributed by atoms with E-state index in [1.165, 1.54) is 0 Å². The Hall–Kier alpha value is -2.44. The van der Waals surface area contributed by atoms with Gasteiger partial charge in [-0.1, -0.05) is 6.08 Å². The molecule has 1 N–H and O–H groups in total. The monoisotopic (exact) mass is 363 g/mol. The molecule has 0 bridgehead atoms. The van der Waals surface area contributed by atoms with Crippen LogP contribution in [-0.4, -0.2) is 27.4 Å². The van der Waals surface area contributed by atoms with Gasteiger partial charge < -0.3 is 4.74 Å². The third kappa shape index (κ3) is 4.03. The van der Waals surface area contributed by atoms with E-state index in [0.29, 0.717) is 11.4 Å². The average molecular weight is 363 g/mol. The van der Waals surface area contributed by atoms with Crippen LogP contribution in [0.15, 0.2) is 24.3 Å². The Morgan fingerprint density at radius 1 is 1.35 bits per heavy atom. The Bertz CT molecular complexity index is 879. The second-order valence-corrected chi connectivity index (χ2v) is 7.62. The van der Waals surface area contributed by atoms with Crippen molar-refractivity contribution >= 4 is 28.3 Å². The van der Waals surface area contributed by atoms with Crippen LogP contribution in [0, 0.1) is 0 Å². The summed E-state index contributed by atoms with van der Waals surface area (Å²) in [5, 5.41) is 8.02. The minimum atomic E-state index is -2.64. The number of amides is 1. The van der Waals surface area contributed by atoms with Crippen LogP contribution in [0.2, 0.25) is 0 Å². The van der Waals surface area contributed by atoms with Crippen LogP contribution in [-0.2, 0) is 11.8 Å². The molecule has 0 spiro atoms. The van der Waals surface area contributed by atoms with Crippen LogP contribution in [0.3, 0.4) is 0 Å². The fraction of sp³-hybridized carbons (Fsp3) is 0.474. The lowest BCUT2D eigenvalue weighted by molar-refractivity contribution is -0.00606. The van der Waals surface area contributed by atoms with Crippen molar-refractivity contribution in [2.45, 2.75) is 51.6 Å². The Morgan fingerprint density at radius 2 is 2.08 bits per heavy atom. The normalized spacial score (nSPS) is 17.1. The SMILES string of the molecule is Cn1nc(C2=CCC(F)(F)CC2)c2cc(NC(=O)OC(C)(C)C)ccc21. The summed E-state index contributed by atoms with van der Waals surface area (Å²) in [7, 11) is 1.81. The number of nitrogens with one attached hydrogen (secondary N) is 1. The molecule has 0 atom stereocenters. The molecule has 2 aromatic rings. The fourth-order valence-electron chi connectivity index (χ4n) is 3.01. The van der Waals surface area contributed by atoms with Crippen molar-refractivity contribution < 1.29 is 18.3 Å². The molecule has 0 unspecified atom stereocenters. The fourth-order valence-corrected chi connectivity index (χ4v) is 3.01. The van der Waals surface area contributed by atoms with E-state index >= 15 is 0 Å². The number of hydrogen-bond acceptors (Lipinski definition) is 3. The van der Waals surface area contributed by atoms with Gasteiger partial charge in [-0.2, -0.15) is 5.10 Å². The number of ether oxygens (including phenoxy) is 1. The minimum absolute atomic E-state index is 0.174. The molecular weight excluding hydrogens is 340 g/mol. The first-order valence-electron chi connectivity index (χ1n) is 8.58. The van der Waals surface area contributed by atoms with Gasteiger partial charge in [0.05, 0.1) is 11.2 Å². The maximum atomic E-state index is 13.4. The van der Waals surface area contributed by atoms with E-state index in [9.17, 15) is 13.6 Å². The predicted molar refractivity (Wildman–Crippen MR) is 97.3 cm³/mol. The zero-order chi connectivity index (χ0) is 19.1. The van der Waals surface area contributed by atoms with Crippen molar-refractivity contribution in [1.82, 2.24) is 9.78 Å². The molecule has 0 radical (unpaired) electrons. The van der Waals surface area contributed by atoms with Gasteiger partial charge in [-0.15, -0.1) is 0 Å². The van der Waals surface area contributed by atoms with Crippen LogP contribution >= 0.6 is 0 Å². The number of hydrogen-bond donors (Lipinski definition) is 1. The number of nitrogens with zero attached hydrogens (tertiary/aromatic N) is 2.